The minimum Gasteiger partial charge on any atom is -0.377 e. The maximum absolute atomic E-state index is 5.76. The third-order valence-electron chi connectivity index (χ3n) is 5.20. The third kappa shape index (κ3) is 2.25. The first-order chi connectivity index (χ1) is 8.16. The smallest absolute Gasteiger partial charge is 0.0805 e. The summed E-state index contributed by atoms with van der Waals surface area (Å²) in [5.74, 6) is 0.921. The van der Waals surface area contributed by atoms with Gasteiger partial charge in [-0.05, 0) is 44.9 Å². The molecule has 2 aliphatic carbocycles. The molecule has 1 heterocycles. The Morgan fingerprint density at radius 3 is 2.65 bits per heavy atom. The van der Waals surface area contributed by atoms with E-state index in [1.54, 1.807) is 0 Å². The molecular formula is C14H26N2O. The first-order valence-corrected chi connectivity index (χ1v) is 7.18. The SMILES string of the molecule is COC1(CN2CCNC(C)(C3CC3)C2)CCC1. The van der Waals surface area contributed by atoms with Crippen molar-refractivity contribution in [2.24, 2.45) is 5.92 Å². The van der Waals surface area contributed by atoms with Gasteiger partial charge >= 0.3 is 0 Å². The molecule has 3 heteroatoms. The highest BCUT2D eigenvalue weighted by atomic mass is 16.5. The lowest BCUT2D eigenvalue weighted by atomic mass is 9.79. The zero-order chi connectivity index (χ0) is 11.9. The number of nitrogens with one attached hydrogen (secondary N) is 1. The van der Waals surface area contributed by atoms with Crippen LogP contribution >= 0.6 is 0 Å². The van der Waals surface area contributed by atoms with Crippen molar-refractivity contribution in [2.45, 2.75) is 50.2 Å². The van der Waals surface area contributed by atoms with Gasteiger partial charge in [0.1, 0.15) is 0 Å². The van der Waals surface area contributed by atoms with Gasteiger partial charge in [0.25, 0.3) is 0 Å². The molecule has 0 aromatic rings. The average molecular weight is 238 g/mol. The summed E-state index contributed by atoms with van der Waals surface area (Å²) in [6.07, 6.45) is 6.71. The Morgan fingerprint density at radius 2 is 2.12 bits per heavy atom. The van der Waals surface area contributed by atoms with Gasteiger partial charge in [0.15, 0.2) is 0 Å². The van der Waals surface area contributed by atoms with Crippen molar-refractivity contribution in [1.29, 1.82) is 0 Å². The van der Waals surface area contributed by atoms with Gasteiger partial charge in [0.2, 0.25) is 0 Å². The van der Waals surface area contributed by atoms with Crippen LogP contribution in [0, 0.1) is 5.92 Å². The Hall–Kier alpha value is -0.120. The molecule has 0 aromatic carbocycles. The molecule has 0 spiro atoms. The fraction of sp³-hybridized carbons (Fsp3) is 1.00. The van der Waals surface area contributed by atoms with Crippen LogP contribution in [0.15, 0.2) is 0 Å². The third-order valence-corrected chi connectivity index (χ3v) is 5.20. The highest BCUT2D eigenvalue weighted by Crippen LogP contribution is 2.42. The number of hydrogen-bond acceptors (Lipinski definition) is 3. The van der Waals surface area contributed by atoms with Crippen molar-refractivity contribution in [3.05, 3.63) is 0 Å². The standard InChI is InChI=1S/C14H26N2O/c1-13(12-4-5-12)10-16(9-8-15-13)11-14(17-2)6-3-7-14/h12,15H,3-11H2,1-2H3. The molecule has 17 heavy (non-hydrogen) atoms. The van der Waals surface area contributed by atoms with E-state index < -0.39 is 0 Å². The van der Waals surface area contributed by atoms with Gasteiger partial charge in [0, 0.05) is 38.8 Å². The molecule has 3 aliphatic rings. The summed E-state index contributed by atoms with van der Waals surface area (Å²) in [5.41, 5.74) is 0.568. The Labute approximate surface area is 105 Å². The highest BCUT2D eigenvalue weighted by molar-refractivity contribution is 5.03. The van der Waals surface area contributed by atoms with E-state index in [9.17, 15) is 0 Å². The molecule has 1 atom stereocenters. The summed E-state index contributed by atoms with van der Waals surface area (Å²) in [7, 11) is 1.89. The normalized spacial score (nSPS) is 37.8. The van der Waals surface area contributed by atoms with Crippen LogP contribution in [-0.2, 0) is 4.74 Å². The van der Waals surface area contributed by atoms with E-state index in [1.165, 1.54) is 45.2 Å². The summed E-state index contributed by atoms with van der Waals surface area (Å²) < 4.78 is 5.76. The van der Waals surface area contributed by atoms with Gasteiger partial charge in [-0.3, -0.25) is 4.90 Å². The van der Waals surface area contributed by atoms with Gasteiger partial charge in [-0.25, -0.2) is 0 Å². The molecule has 1 unspecified atom stereocenters. The van der Waals surface area contributed by atoms with Crippen LogP contribution in [0.1, 0.15) is 39.0 Å². The molecule has 1 saturated heterocycles. The molecule has 0 aromatic heterocycles. The monoisotopic (exact) mass is 238 g/mol. The number of nitrogens with zero attached hydrogens (tertiary/aromatic N) is 1. The molecule has 2 saturated carbocycles. The molecule has 1 aliphatic heterocycles. The van der Waals surface area contributed by atoms with Gasteiger partial charge in [0.05, 0.1) is 5.60 Å². The van der Waals surface area contributed by atoms with E-state index in [0.29, 0.717) is 5.54 Å². The average Bonchev–Trinajstić information content (AvgIpc) is 3.07. The highest BCUT2D eigenvalue weighted by Gasteiger charge is 2.46. The molecule has 1 N–H and O–H groups in total. The zero-order valence-electron chi connectivity index (χ0n) is 11.3. The first kappa shape index (κ1) is 11.9. The maximum atomic E-state index is 5.76. The van der Waals surface area contributed by atoms with Crippen molar-refractivity contribution in [3.63, 3.8) is 0 Å². The van der Waals surface area contributed by atoms with Crippen molar-refractivity contribution < 1.29 is 4.74 Å². The summed E-state index contributed by atoms with van der Waals surface area (Å²) in [6.45, 7) is 7.10. The van der Waals surface area contributed by atoms with Crippen LogP contribution < -0.4 is 5.32 Å². The fourth-order valence-corrected chi connectivity index (χ4v) is 3.63. The topological polar surface area (TPSA) is 24.5 Å². The van der Waals surface area contributed by atoms with Crippen molar-refractivity contribution >= 4 is 0 Å². The number of ether oxygens (including phenoxy) is 1. The predicted molar refractivity (Wildman–Crippen MR) is 69.2 cm³/mol. The number of methoxy groups -OCH3 is 1. The Kier molecular flexibility index (Phi) is 2.96. The lowest BCUT2D eigenvalue weighted by Crippen LogP contribution is -2.63. The number of hydrogen-bond donors (Lipinski definition) is 1. The van der Waals surface area contributed by atoms with Crippen LogP contribution in [0.5, 0.6) is 0 Å². The van der Waals surface area contributed by atoms with Crippen molar-refractivity contribution in [2.75, 3.05) is 33.3 Å². The molecule has 3 fully saturated rings. The minimum absolute atomic E-state index is 0.196. The molecule has 3 nitrogen and oxygen atoms in total. The van der Waals surface area contributed by atoms with Crippen LogP contribution in [0.4, 0.5) is 0 Å². The van der Waals surface area contributed by atoms with E-state index in [2.05, 4.69) is 17.1 Å². The molecule has 3 rings (SSSR count). The van der Waals surface area contributed by atoms with Crippen molar-refractivity contribution in [1.82, 2.24) is 10.2 Å². The van der Waals surface area contributed by atoms with Gasteiger partial charge in [-0.1, -0.05) is 0 Å². The summed E-state index contributed by atoms with van der Waals surface area (Å²) >= 11 is 0. The summed E-state index contributed by atoms with van der Waals surface area (Å²) in [5, 5.41) is 3.74. The lowest BCUT2D eigenvalue weighted by Gasteiger charge is -2.48. The van der Waals surface area contributed by atoms with Crippen LogP contribution in [0.3, 0.4) is 0 Å². The molecule has 0 radical (unpaired) electrons. The van der Waals surface area contributed by atoms with E-state index in [4.69, 9.17) is 4.74 Å². The Morgan fingerprint density at radius 1 is 1.35 bits per heavy atom. The van der Waals surface area contributed by atoms with Gasteiger partial charge in [-0.15, -0.1) is 0 Å². The first-order valence-electron chi connectivity index (χ1n) is 7.18. The Balaban J connectivity index is 1.60. The van der Waals surface area contributed by atoms with E-state index in [0.717, 1.165) is 19.0 Å². The molecule has 98 valence electrons. The molecule has 0 amide bonds. The predicted octanol–water partition coefficient (Wildman–Crippen LogP) is 1.63. The second-order valence-electron chi connectivity index (χ2n) is 6.57. The van der Waals surface area contributed by atoms with Gasteiger partial charge in [-0.2, -0.15) is 0 Å². The summed E-state index contributed by atoms with van der Waals surface area (Å²) in [6, 6.07) is 0. The second kappa shape index (κ2) is 4.22. The second-order valence-corrected chi connectivity index (χ2v) is 6.57. The van der Waals surface area contributed by atoms with Crippen LogP contribution in [0.25, 0.3) is 0 Å². The quantitative estimate of drug-likeness (QED) is 0.805. The van der Waals surface area contributed by atoms with E-state index >= 15 is 0 Å². The molecule has 0 bridgehead atoms. The van der Waals surface area contributed by atoms with Gasteiger partial charge < -0.3 is 10.1 Å². The lowest BCUT2D eigenvalue weighted by molar-refractivity contribution is -0.0975. The number of piperazine rings is 1. The number of rotatable bonds is 4. The summed E-state index contributed by atoms with van der Waals surface area (Å²) in [4.78, 5) is 2.64. The largest absolute Gasteiger partial charge is 0.377 e. The fourth-order valence-electron chi connectivity index (χ4n) is 3.63. The molecular weight excluding hydrogens is 212 g/mol. The Bertz CT molecular complexity index is 278. The minimum atomic E-state index is 0.196. The van der Waals surface area contributed by atoms with E-state index in [-0.39, 0.29) is 5.60 Å². The van der Waals surface area contributed by atoms with Crippen LogP contribution in [-0.4, -0.2) is 49.3 Å². The maximum Gasteiger partial charge on any atom is 0.0805 e. The van der Waals surface area contributed by atoms with Crippen molar-refractivity contribution in [3.8, 4) is 0 Å². The van der Waals surface area contributed by atoms with Crippen LogP contribution in [0.2, 0.25) is 0 Å². The zero-order valence-corrected chi connectivity index (χ0v) is 11.3. The van der Waals surface area contributed by atoms with E-state index in [1.807, 2.05) is 7.11 Å².